The van der Waals surface area contributed by atoms with Gasteiger partial charge in [0.25, 0.3) is 5.91 Å². The predicted octanol–water partition coefficient (Wildman–Crippen LogP) is -1.44. The summed E-state index contributed by atoms with van der Waals surface area (Å²) in [6.45, 7) is -0.485. The Labute approximate surface area is 221 Å². The number of likely N-dealkylation sites (N-methyl/N-ethyl adjacent to an activating group) is 1. The number of aromatic hydroxyl groups is 1. The van der Waals surface area contributed by atoms with Gasteiger partial charge in [-0.2, -0.15) is 11.8 Å². The minimum Gasteiger partial charge on any atom is -0.508 e. The van der Waals surface area contributed by atoms with E-state index in [0.29, 0.717) is 5.56 Å². The zero-order chi connectivity index (χ0) is 28.3. The second-order valence-corrected chi connectivity index (χ2v) is 11.1. The number of phenolic OH excluding ortho intramolecular Hbond substituents is 1. The van der Waals surface area contributed by atoms with E-state index in [1.54, 1.807) is 6.07 Å². The Hall–Kier alpha value is -2.94. The Kier molecular flexibility index (Phi) is 7.38. The predicted molar refractivity (Wildman–Crippen MR) is 135 cm³/mol. The average Bonchev–Trinajstić information content (AvgIpc) is 2.84. The van der Waals surface area contributed by atoms with Crippen molar-refractivity contribution in [1.82, 2.24) is 4.90 Å². The number of benzene rings is 1. The minimum atomic E-state index is -2.99. The maximum Gasteiger partial charge on any atom is 0.255 e. The first-order chi connectivity index (χ1) is 17.8. The number of Topliss-reactive ketones (excluding diaryl/α,β-unsaturated/α-hetero) is 2. The molecule has 38 heavy (non-hydrogen) atoms. The number of carbonyl (C=O) groups excluding carboxylic acids is 3. The van der Waals surface area contributed by atoms with Crippen molar-refractivity contribution in [3.8, 4) is 5.75 Å². The summed E-state index contributed by atoms with van der Waals surface area (Å²) in [5, 5.41) is 75.1. The number of hydrogen-bond acceptors (Lipinski definition) is 12. The van der Waals surface area contributed by atoms with Gasteiger partial charge in [0.2, 0.25) is 5.78 Å². The number of hydrogen-bond donors (Lipinski definition) is 8. The van der Waals surface area contributed by atoms with E-state index in [1.165, 1.54) is 42.9 Å². The fraction of sp³-hybridized carbons (Fsp3) is 0.480. The molecule has 12 nitrogen and oxygen atoms in total. The molecular weight excluding hydrogens is 520 g/mol. The highest BCUT2D eigenvalue weighted by atomic mass is 32.2. The van der Waals surface area contributed by atoms with Gasteiger partial charge in [0, 0.05) is 28.9 Å². The largest absolute Gasteiger partial charge is 0.508 e. The molecule has 0 saturated heterocycles. The zero-order valence-corrected chi connectivity index (χ0v) is 21.4. The number of aliphatic hydroxyl groups is 6. The van der Waals surface area contributed by atoms with Crippen LogP contribution in [0.1, 0.15) is 17.0 Å². The quantitative estimate of drug-likeness (QED) is 0.183. The van der Waals surface area contributed by atoms with Crippen molar-refractivity contribution in [2.45, 2.75) is 29.8 Å². The third-order valence-electron chi connectivity index (χ3n) is 7.62. The lowest BCUT2D eigenvalue weighted by atomic mass is 9.54. The van der Waals surface area contributed by atoms with E-state index in [4.69, 9.17) is 10.8 Å². The highest BCUT2D eigenvalue weighted by Gasteiger charge is 2.68. The maximum atomic E-state index is 14.0. The molecule has 1 aromatic rings. The lowest BCUT2D eigenvalue weighted by Crippen LogP contribution is -2.70. The number of amides is 1. The topological polar surface area (TPSA) is 222 Å². The molecule has 3 aliphatic carbocycles. The van der Waals surface area contributed by atoms with Crippen molar-refractivity contribution < 1.29 is 50.1 Å². The third-order valence-corrected chi connectivity index (χ3v) is 8.83. The van der Waals surface area contributed by atoms with Crippen LogP contribution in [0.3, 0.4) is 0 Å². The highest BCUT2D eigenvalue weighted by Crippen LogP contribution is 2.56. The van der Waals surface area contributed by atoms with Gasteiger partial charge in [-0.25, -0.2) is 0 Å². The molecule has 0 heterocycles. The summed E-state index contributed by atoms with van der Waals surface area (Å²) in [5.74, 6) is -9.41. The van der Waals surface area contributed by atoms with Gasteiger partial charge in [-0.1, -0.05) is 12.1 Å². The molecule has 0 radical (unpaired) electrons. The van der Waals surface area contributed by atoms with Gasteiger partial charge >= 0.3 is 0 Å². The summed E-state index contributed by atoms with van der Waals surface area (Å²) >= 11 is 1.19. The molecule has 1 amide bonds. The molecule has 0 spiro atoms. The third kappa shape index (κ3) is 3.92. The summed E-state index contributed by atoms with van der Waals surface area (Å²) in [5.41, 5.74) is 1.12. The first-order valence-electron chi connectivity index (χ1n) is 11.8. The van der Waals surface area contributed by atoms with Crippen molar-refractivity contribution in [3.63, 3.8) is 0 Å². The van der Waals surface area contributed by atoms with Crippen LogP contribution in [-0.4, -0.2) is 114 Å². The van der Waals surface area contributed by atoms with Crippen LogP contribution in [0.25, 0.3) is 5.76 Å². The Morgan fingerprint density at radius 3 is 2.45 bits per heavy atom. The molecule has 3 aliphatic rings. The van der Waals surface area contributed by atoms with Gasteiger partial charge in [0.05, 0.1) is 36.3 Å². The Balaban J connectivity index is 1.97. The molecule has 1 fully saturated rings. The van der Waals surface area contributed by atoms with E-state index in [-0.39, 0.29) is 22.8 Å². The van der Waals surface area contributed by atoms with E-state index in [1.807, 2.05) is 0 Å². The molecule has 0 bridgehead atoms. The number of rotatable bonds is 7. The van der Waals surface area contributed by atoms with Gasteiger partial charge in [0.15, 0.2) is 11.4 Å². The fourth-order valence-corrected chi connectivity index (χ4v) is 7.13. The van der Waals surface area contributed by atoms with Crippen LogP contribution in [0.5, 0.6) is 5.75 Å². The number of thioether (sulfide) groups is 1. The van der Waals surface area contributed by atoms with Crippen LogP contribution in [0.2, 0.25) is 0 Å². The van der Waals surface area contributed by atoms with Crippen molar-refractivity contribution in [2.75, 3.05) is 32.2 Å². The van der Waals surface area contributed by atoms with Crippen LogP contribution in [0.4, 0.5) is 0 Å². The summed E-state index contributed by atoms with van der Waals surface area (Å²) in [4.78, 5) is 40.6. The number of fused-ring (bicyclic) bond motifs is 3. The maximum absolute atomic E-state index is 14.0. The van der Waals surface area contributed by atoms with Crippen molar-refractivity contribution in [2.24, 2.45) is 17.6 Å². The van der Waals surface area contributed by atoms with Crippen LogP contribution in [-0.2, 0) is 14.4 Å². The molecule has 9 N–H and O–H groups in total. The van der Waals surface area contributed by atoms with Crippen LogP contribution in [0, 0.1) is 11.8 Å². The summed E-state index contributed by atoms with van der Waals surface area (Å²) in [7, 11) is 2.86. The van der Waals surface area contributed by atoms with E-state index in [9.17, 15) is 45.0 Å². The van der Waals surface area contributed by atoms with E-state index < -0.39 is 88.3 Å². The normalized spacial score (nSPS) is 31.7. The Morgan fingerprint density at radius 2 is 1.87 bits per heavy atom. The fourth-order valence-electron chi connectivity index (χ4n) is 5.98. The molecule has 13 heteroatoms. The second-order valence-electron chi connectivity index (χ2n) is 9.98. The molecule has 1 aromatic carbocycles. The smallest absolute Gasteiger partial charge is 0.255 e. The Morgan fingerprint density at radius 1 is 1.21 bits per heavy atom. The van der Waals surface area contributed by atoms with Crippen molar-refractivity contribution in [1.29, 1.82) is 0 Å². The highest BCUT2D eigenvalue weighted by molar-refractivity contribution is 7.99. The first-order valence-corrected chi connectivity index (χ1v) is 13.0. The molecule has 206 valence electrons. The molecule has 7 atom stereocenters. The average molecular weight is 551 g/mol. The van der Waals surface area contributed by atoms with Crippen molar-refractivity contribution in [3.05, 3.63) is 46.2 Å². The van der Waals surface area contributed by atoms with Gasteiger partial charge in [-0.3, -0.25) is 19.3 Å². The minimum absolute atomic E-state index is 0.0978. The first kappa shape index (κ1) is 28.1. The number of aliphatic hydroxyl groups excluding tert-OH is 5. The van der Waals surface area contributed by atoms with Gasteiger partial charge in [0.1, 0.15) is 22.8 Å². The second kappa shape index (κ2) is 9.98. The lowest BCUT2D eigenvalue weighted by Gasteiger charge is -2.54. The number of primary amides is 1. The van der Waals surface area contributed by atoms with E-state index in [0.717, 1.165) is 0 Å². The van der Waals surface area contributed by atoms with Crippen LogP contribution < -0.4 is 5.73 Å². The molecule has 4 rings (SSSR count). The number of nitrogens with zero attached hydrogens (tertiary/aromatic N) is 1. The standard InChI is InChI=1S/C25H30N2O10S/c1-27(2)18-17-20(32)14-11(8-38-7-9(29)6-28)10-4-3-5-12(30)13(10)19(31)15(14)22(34)25(17,37)23(35)16(21(18)33)24(26)36/h3-5,9,11,14,17-18,20,28-32,35,37H,6-8H2,1-2H3,(H2,26,36)/t9?,11-,14?,17?,18-,20?,25-/m0/s1. The Bertz CT molecular complexity index is 1260. The van der Waals surface area contributed by atoms with Crippen molar-refractivity contribution >= 4 is 35.0 Å². The summed E-state index contributed by atoms with van der Waals surface area (Å²) in [6, 6.07) is 2.93. The summed E-state index contributed by atoms with van der Waals surface area (Å²) in [6.07, 6.45) is -2.76. The number of nitrogens with two attached hydrogens (primary N) is 1. The molecule has 4 unspecified atom stereocenters. The number of carbonyl (C=O) groups is 3. The number of phenols is 1. The number of ketones is 2. The SMILES string of the molecule is CN(C)[C@@H]1C(=O)C(C(N)=O)=C(O)[C@@]2(O)C(=O)C3=C(O)c4c(O)cccc4[C@H](CSCC(O)CO)C3C(O)C12. The lowest BCUT2D eigenvalue weighted by molar-refractivity contribution is -0.169. The molecule has 0 aliphatic heterocycles. The van der Waals surface area contributed by atoms with Crippen LogP contribution >= 0.6 is 11.8 Å². The monoisotopic (exact) mass is 550 g/mol. The van der Waals surface area contributed by atoms with Gasteiger partial charge in [-0.15, -0.1) is 0 Å². The molecule has 1 saturated carbocycles. The van der Waals surface area contributed by atoms with E-state index in [2.05, 4.69) is 0 Å². The van der Waals surface area contributed by atoms with E-state index >= 15 is 0 Å². The summed E-state index contributed by atoms with van der Waals surface area (Å²) < 4.78 is 0. The zero-order valence-electron chi connectivity index (χ0n) is 20.6. The molecular formula is C25H30N2O10S. The van der Waals surface area contributed by atoms with Gasteiger partial charge < -0.3 is 41.5 Å². The van der Waals surface area contributed by atoms with Crippen LogP contribution in [0.15, 0.2) is 35.1 Å². The molecule has 0 aromatic heterocycles. The van der Waals surface area contributed by atoms with Gasteiger partial charge in [-0.05, 0) is 25.7 Å².